The van der Waals surface area contributed by atoms with E-state index in [2.05, 4.69) is 23.5 Å². The SMILES string of the molecule is COc1cccc2c1CC[C@@H]1NCC[C@H]21.Cl. The van der Waals surface area contributed by atoms with E-state index in [4.69, 9.17) is 4.74 Å². The Bertz CT molecular complexity index is 380. The fraction of sp³-hybridized carbons (Fsp3) is 0.538. The molecule has 0 unspecified atom stereocenters. The third-order valence-electron chi connectivity index (χ3n) is 3.84. The number of fused-ring (bicyclic) bond motifs is 3. The molecule has 0 aromatic heterocycles. The van der Waals surface area contributed by atoms with Crippen molar-refractivity contribution in [2.24, 2.45) is 0 Å². The lowest BCUT2D eigenvalue weighted by Gasteiger charge is -2.29. The van der Waals surface area contributed by atoms with Crippen molar-refractivity contribution in [2.75, 3.05) is 13.7 Å². The normalized spacial score (nSPS) is 26.6. The third-order valence-corrected chi connectivity index (χ3v) is 3.84. The number of rotatable bonds is 1. The number of nitrogens with one attached hydrogen (secondary N) is 1. The van der Waals surface area contributed by atoms with Gasteiger partial charge >= 0.3 is 0 Å². The summed E-state index contributed by atoms with van der Waals surface area (Å²) in [5.74, 6) is 1.81. The molecule has 3 heteroatoms. The highest BCUT2D eigenvalue weighted by Crippen LogP contribution is 2.40. The lowest BCUT2D eigenvalue weighted by molar-refractivity contribution is 0.398. The summed E-state index contributed by atoms with van der Waals surface area (Å²) in [7, 11) is 1.77. The number of hydrogen-bond acceptors (Lipinski definition) is 2. The first-order valence-corrected chi connectivity index (χ1v) is 5.79. The van der Waals surface area contributed by atoms with Crippen LogP contribution in [0, 0.1) is 0 Å². The van der Waals surface area contributed by atoms with Crippen molar-refractivity contribution in [3.8, 4) is 5.75 Å². The van der Waals surface area contributed by atoms with Gasteiger partial charge in [-0.1, -0.05) is 12.1 Å². The molecule has 0 bridgehead atoms. The van der Waals surface area contributed by atoms with E-state index >= 15 is 0 Å². The second-order valence-electron chi connectivity index (χ2n) is 4.52. The summed E-state index contributed by atoms with van der Waals surface area (Å²) in [5.41, 5.74) is 2.97. The second-order valence-corrected chi connectivity index (χ2v) is 4.52. The van der Waals surface area contributed by atoms with E-state index in [1.807, 2.05) is 0 Å². The molecule has 2 atom stereocenters. The molecule has 1 aliphatic heterocycles. The first-order chi connectivity index (χ1) is 7.40. The van der Waals surface area contributed by atoms with Crippen LogP contribution in [0.5, 0.6) is 5.75 Å². The van der Waals surface area contributed by atoms with Crippen molar-refractivity contribution < 1.29 is 4.74 Å². The smallest absolute Gasteiger partial charge is 0.122 e. The Morgan fingerprint density at radius 1 is 1.31 bits per heavy atom. The highest BCUT2D eigenvalue weighted by atomic mass is 35.5. The Balaban J connectivity index is 0.000000963. The van der Waals surface area contributed by atoms with Gasteiger partial charge in [0, 0.05) is 12.0 Å². The van der Waals surface area contributed by atoms with Crippen LogP contribution in [0.1, 0.15) is 29.9 Å². The predicted molar refractivity (Wildman–Crippen MR) is 67.7 cm³/mol. The largest absolute Gasteiger partial charge is 0.496 e. The fourth-order valence-electron chi connectivity index (χ4n) is 3.13. The summed E-state index contributed by atoms with van der Waals surface area (Å²) in [6.45, 7) is 1.17. The standard InChI is InChI=1S/C13H17NO.ClH/c1-15-13-4-2-3-9-10-7-8-14-12(10)6-5-11(9)13;/h2-4,10,12,14H,5-8H2,1H3;1H/t10-,12+;/m1./s1. The Morgan fingerprint density at radius 2 is 2.19 bits per heavy atom. The van der Waals surface area contributed by atoms with Crippen LogP contribution in [-0.2, 0) is 6.42 Å². The summed E-state index contributed by atoms with van der Waals surface area (Å²) < 4.78 is 5.44. The highest BCUT2D eigenvalue weighted by molar-refractivity contribution is 5.85. The topological polar surface area (TPSA) is 21.3 Å². The van der Waals surface area contributed by atoms with Gasteiger partial charge < -0.3 is 10.1 Å². The lowest BCUT2D eigenvalue weighted by atomic mass is 9.79. The maximum atomic E-state index is 5.44. The van der Waals surface area contributed by atoms with Gasteiger partial charge in [0.2, 0.25) is 0 Å². The molecule has 1 saturated heterocycles. The van der Waals surface area contributed by atoms with Gasteiger partial charge in [-0.25, -0.2) is 0 Å². The van der Waals surface area contributed by atoms with E-state index in [-0.39, 0.29) is 12.4 Å². The van der Waals surface area contributed by atoms with Crippen molar-refractivity contribution >= 4 is 12.4 Å². The number of halogens is 1. The maximum absolute atomic E-state index is 5.44. The van der Waals surface area contributed by atoms with Gasteiger partial charge in [0.15, 0.2) is 0 Å². The van der Waals surface area contributed by atoms with Crippen molar-refractivity contribution in [3.63, 3.8) is 0 Å². The maximum Gasteiger partial charge on any atom is 0.122 e. The number of methoxy groups -OCH3 is 1. The summed E-state index contributed by atoms with van der Waals surface area (Å²) in [6, 6.07) is 7.20. The van der Waals surface area contributed by atoms with Gasteiger partial charge in [0.1, 0.15) is 5.75 Å². The predicted octanol–water partition coefficient (Wildman–Crippen LogP) is 2.51. The third kappa shape index (κ3) is 1.70. The molecule has 0 spiro atoms. The van der Waals surface area contributed by atoms with Crippen LogP contribution >= 0.6 is 12.4 Å². The van der Waals surface area contributed by atoms with Crippen molar-refractivity contribution in [1.29, 1.82) is 0 Å². The van der Waals surface area contributed by atoms with Gasteiger partial charge in [0.25, 0.3) is 0 Å². The molecule has 1 N–H and O–H groups in total. The average molecular weight is 240 g/mol. The zero-order valence-corrected chi connectivity index (χ0v) is 10.3. The molecule has 1 aromatic carbocycles. The summed E-state index contributed by atoms with van der Waals surface area (Å²) in [6.07, 6.45) is 3.70. The molecule has 0 saturated carbocycles. The van der Waals surface area contributed by atoms with Gasteiger partial charge in [-0.3, -0.25) is 0 Å². The zero-order chi connectivity index (χ0) is 10.3. The summed E-state index contributed by atoms with van der Waals surface area (Å²) in [4.78, 5) is 0. The van der Waals surface area contributed by atoms with Gasteiger partial charge in [-0.2, -0.15) is 0 Å². The van der Waals surface area contributed by atoms with Crippen LogP contribution in [0.25, 0.3) is 0 Å². The van der Waals surface area contributed by atoms with Crippen molar-refractivity contribution in [1.82, 2.24) is 5.32 Å². The average Bonchev–Trinajstić information content (AvgIpc) is 2.76. The molecule has 1 aliphatic carbocycles. The molecular weight excluding hydrogens is 222 g/mol. The zero-order valence-electron chi connectivity index (χ0n) is 9.53. The first-order valence-electron chi connectivity index (χ1n) is 5.79. The molecule has 88 valence electrons. The molecule has 2 aliphatic rings. The van der Waals surface area contributed by atoms with E-state index < -0.39 is 0 Å². The van der Waals surface area contributed by atoms with E-state index in [1.165, 1.54) is 30.5 Å². The minimum absolute atomic E-state index is 0. The van der Waals surface area contributed by atoms with Crippen LogP contribution in [0.4, 0.5) is 0 Å². The van der Waals surface area contributed by atoms with Gasteiger partial charge in [-0.15, -0.1) is 12.4 Å². The van der Waals surface area contributed by atoms with Gasteiger partial charge in [0.05, 0.1) is 7.11 Å². The molecule has 1 aromatic rings. The van der Waals surface area contributed by atoms with Crippen LogP contribution < -0.4 is 10.1 Å². The fourth-order valence-corrected chi connectivity index (χ4v) is 3.13. The number of hydrogen-bond donors (Lipinski definition) is 1. The van der Waals surface area contributed by atoms with Crippen LogP contribution in [0.15, 0.2) is 18.2 Å². The molecule has 16 heavy (non-hydrogen) atoms. The van der Waals surface area contributed by atoms with Crippen LogP contribution in [0.2, 0.25) is 0 Å². The molecule has 0 radical (unpaired) electrons. The van der Waals surface area contributed by atoms with Crippen LogP contribution in [-0.4, -0.2) is 19.7 Å². The lowest BCUT2D eigenvalue weighted by Crippen LogP contribution is -2.30. The van der Waals surface area contributed by atoms with Crippen molar-refractivity contribution in [2.45, 2.75) is 31.2 Å². The number of ether oxygens (including phenoxy) is 1. The molecule has 1 fully saturated rings. The number of benzene rings is 1. The molecule has 0 amide bonds. The molecule has 1 heterocycles. The Kier molecular flexibility index (Phi) is 3.41. The van der Waals surface area contributed by atoms with E-state index in [1.54, 1.807) is 7.11 Å². The Hall–Kier alpha value is -0.730. The molecule has 3 rings (SSSR count). The minimum Gasteiger partial charge on any atom is -0.496 e. The van der Waals surface area contributed by atoms with Crippen LogP contribution in [0.3, 0.4) is 0 Å². The summed E-state index contributed by atoms with van der Waals surface area (Å²) >= 11 is 0. The van der Waals surface area contributed by atoms with Crippen molar-refractivity contribution in [3.05, 3.63) is 29.3 Å². The van der Waals surface area contributed by atoms with E-state index in [0.717, 1.165) is 18.1 Å². The minimum atomic E-state index is 0. The monoisotopic (exact) mass is 239 g/mol. The Morgan fingerprint density at radius 3 is 3.00 bits per heavy atom. The molecular formula is C13H18ClNO. The molecule has 2 nitrogen and oxygen atoms in total. The first kappa shape index (κ1) is 11.7. The van der Waals surface area contributed by atoms with E-state index in [9.17, 15) is 0 Å². The second kappa shape index (κ2) is 4.64. The Labute approximate surface area is 103 Å². The van der Waals surface area contributed by atoms with Gasteiger partial charge in [-0.05, 0) is 43.0 Å². The van der Waals surface area contributed by atoms with E-state index in [0.29, 0.717) is 6.04 Å². The quantitative estimate of drug-likeness (QED) is 0.813. The summed E-state index contributed by atoms with van der Waals surface area (Å²) in [5, 5.41) is 3.60. The highest BCUT2D eigenvalue weighted by Gasteiger charge is 2.33.